The Morgan fingerprint density at radius 3 is 2.59 bits per heavy atom. The van der Waals surface area contributed by atoms with Crippen molar-refractivity contribution in [3.05, 3.63) is 42.0 Å². The first-order valence-corrected chi connectivity index (χ1v) is 12.0. The van der Waals surface area contributed by atoms with Gasteiger partial charge in [0.2, 0.25) is 15.0 Å². The number of pyridine rings is 1. The summed E-state index contributed by atoms with van der Waals surface area (Å²) < 4.78 is 33.5. The maximum atomic E-state index is 13.2. The van der Waals surface area contributed by atoms with Crippen molar-refractivity contribution in [2.45, 2.75) is 69.1 Å². The highest BCUT2D eigenvalue weighted by molar-refractivity contribution is 7.91. The first kappa shape index (κ1) is 21.9. The van der Waals surface area contributed by atoms with Crippen molar-refractivity contribution in [2.24, 2.45) is 0 Å². The van der Waals surface area contributed by atoms with Gasteiger partial charge >= 0.3 is 0 Å². The van der Waals surface area contributed by atoms with Crippen molar-refractivity contribution in [3.63, 3.8) is 0 Å². The molecule has 7 nitrogen and oxygen atoms in total. The molecule has 0 spiro atoms. The fourth-order valence-corrected chi connectivity index (χ4v) is 5.92. The Labute approximate surface area is 174 Å². The fourth-order valence-electron chi connectivity index (χ4n) is 3.95. The zero-order valence-electron chi connectivity index (χ0n) is 17.5. The summed E-state index contributed by atoms with van der Waals surface area (Å²) in [4.78, 5) is 10.8. The van der Waals surface area contributed by atoms with Crippen LogP contribution in [0.25, 0.3) is 0 Å². The molecule has 8 heteroatoms. The summed E-state index contributed by atoms with van der Waals surface area (Å²) in [5.74, 6) is 0. The molecule has 0 aliphatic heterocycles. The molecule has 0 atom stereocenters. The Kier molecular flexibility index (Phi) is 7.80. The summed E-state index contributed by atoms with van der Waals surface area (Å²) >= 11 is 0. The average molecular weight is 421 g/mol. The molecule has 0 radical (unpaired) electrons. The van der Waals surface area contributed by atoms with E-state index in [4.69, 9.17) is 4.74 Å². The number of nitrogens with zero attached hydrogens (tertiary/aromatic N) is 4. The van der Waals surface area contributed by atoms with E-state index in [1.54, 1.807) is 25.7 Å². The van der Waals surface area contributed by atoms with E-state index in [0.717, 1.165) is 50.9 Å². The van der Waals surface area contributed by atoms with Crippen molar-refractivity contribution < 1.29 is 13.2 Å². The molecule has 1 aliphatic carbocycles. The van der Waals surface area contributed by atoms with Gasteiger partial charge in [-0.15, -0.1) is 0 Å². The van der Waals surface area contributed by atoms with Crippen molar-refractivity contribution in [2.75, 3.05) is 20.3 Å². The van der Waals surface area contributed by atoms with Crippen LogP contribution in [0.4, 0.5) is 0 Å². The van der Waals surface area contributed by atoms with Gasteiger partial charge in [0, 0.05) is 45.7 Å². The molecule has 1 aliphatic rings. The second kappa shape index (κ2) is 10.3. The highest BCUT2D eigenvalue weighted by Gasteiger charge is 2.34. The minimum Gasteiger partial charge on any atom is -0.385 e. The zero-order valence-corrected chi connectivity index (χ0v) is 18.3. The monoisotopic (exact) mass is 420 g/mol. The lowest BCUT2D eigenvalue weighted by atomic mass is 10.2. The molecule has 2 aromatic heterocycles. The second-order valence-corrected chi connectivity index (χ2v) is 9.76. The molecule has 3 rings (SSSR count). The van der Waals surface area contributed by atoms with E-state index in [1.807, 2.05) is 16.7 Å². The Bertz CT molecular complexity index is 861. The molecule has 1 saturated carbocycles. The maximum absolute atomic E-state index is 13.2. The van der Waals surface area contributed by atoms with Crippen LogP contribution in [0.2, 0.25) is 0 Å². The number of hydrogen-bond donors (Lipinski definition) is 0. The van der Waals surface area contributed by atoms with Gasteiger partial charge in [-0.2, -0.15) is 0 Å². The molecular formula is C21H32N4O3S. The third-order valence-electron chi connectivity index (χ3n) is 5.62. The average Bonchev–Trinajstić information content (AvgIpc) is 3.40. The Morgan fingerprint density at radius 2 is 1.93 bits per heavy atom. The van der Waals surface area contributed by atoms with Crippen LogP contribution < -0.4 is 0 Å². The Morgan fingerprint density at radius 1 is 1.21 bits per heavy atom. The second-order valence-electron chi connectivity index (χ2n) is 7.64. The van der Waals surface area contributed by atoms with E-state index in [2.05, 4.69) is 21.8 Å². The Balaban J connectivity index is 1.84. The van der Waals surface area contributed by atoms with Crippen LogP contribution in [0.3, 0.4) is 0 Å². The first-order chi connectivity index (χ1) is 14.1. The lowest BCUT2D eigenvalue weighted by Crippen LogP contribution is -2.26. The number of rotatable bonds is 11. The quantitative estimate of drug-likeness (QED) is 0.520. The van der Waals surface area contributed by atoms with Crippen LogP contribution >= 0.6 is 0 Å². The van der Waals surface area contributed by atoms with E-state index in [1.165, 1.54) is 5.56 Å². The molecule has 0 unspecified atom stereocenters. The SMILES string of the molecule is CCN(Cc1ccncc1)Cc1cnc(S(=O)(=O)C2CCCC2)n1CCCOC. The standard InChI is InChI=1S/C21H32N4O3S/c1-3-24(16-18-9-11-22-12-10-18)17-19-15-23-21(25(19)13-6-14-28-2)29(26,27)20-7-4-5-8-20/h9-12,15,20H,3-8,13-14,16-17H2,1-2H3. The smallest absolute Gasteiger partial charge is 0.228 e. The first-order valence-electron chi connectivity index (χ1n) is 10.4. The van der Waals surface area contributed by atoms with Gasteiger partial charge in [-0.3, -0.25) is 9.88 Å². The molecular weight excluding hydrogens is 388 g/mol. The van der Waals surface area contributed by atoms with E-state index >= 15 is 0 Å². The van der Waals surface area contributed by atoms with E-state index in [-0.39, 0.29) is 10.4 Å². The molecule has 1 fully saturated rings. The lowest BCUT2D eigenvalue weighted by molar-refractivity contribution is 0.188. The summed E-state index contributed by atoms with van der Waals surface area (Å²) in [5.41, 5.74) is 2.12. The Hall–Kier alpha value is -1.77. The predicted octanol–water partition coefficient (Wildman–Crippen LogP) is 3.05. The minimum atomic E-state index is -3.40. The van der Waals surface area contributed by atoms with Crippen molar-refractivity contribution in [1.29, 1.82) is 0 Å². The molecule has 0 N–H and O–H groups in total. The van der Waals surface area contributed by atoms with E-state index in [0.29, 0.717) is 19.7 Å². The molecule has 2 aromatic rings. The van der Waals surface area contributed by atoms with E-state index in [9.17, 15) is 8.42 Å². The van der Waals surface area contributed by atoms with Crippen molar-refractivity contribution in [1.82, 2.24) is 19.4 Å². The summed E-state index contributed by atoms with van der Waals surface area (Å²) in [6.45, 7) is 5.59. The van der Waals surface area contributed by atoms with Crippen LogP contribution in [-0.4, -0.2) is 53.4 Å². The normalized spacial score (nSPS) is 15.4. The van der Waals surface area contributed by atoms with Crippen LogP contribution in [0, 0.1) is 0 Å². The van der Waals surface area contributed by atoms with Gasteiger partial charge in [0.1, 0.15) is 0 Å². The highest BCUT2D eigenvalue weighted by Crippen LogP contribution is 2.30. The molecule has 0 saturated heterocycles. The molecule has 2 heterocycles. The number of methoxy groups -OCH3 is 1. The number of hydrogen-bond acceptors (Lipinski definition) is 6. The van der Waals surface area contributed by atoms with Gasteiger partial charge in [-0.25, -0.2) is 13.4 Å². The lowest BCUT2D eigenvalue weighted by Gasteiger charge is -2.22. The molecule has 0 bridgehead atoms. The van der Waals surface area contributed by atoms with Crippen LogP contribution in [0.5, 0.6) is 0 Å². The van der Waals surface area contributed by atoms with Crippen LogP contribution in [0.15, 0.2) is 35.9 Å². The van der Waals surface area contributed by atoms with Gasteiger partial charge in [0.15, 0.2) is 0 Å². The molecule has 0 aromatic carbocycles. The number of imidazole rings is 1. The van der Waals surface area contributed by atoms with Crippen LogP contribution in [-0.2, 0) is 34.2 Å². The third-order valence-corrected chi connectivity index (χ3v) is 7.80. The highest BCUT2D eigenvalue weighted by atomic mass is 32.2. The number of sulfone groups is 1. The van der Waals surface area contributed by atoms with Gasteiger partial charge in [0.05, 0.1) is 17.1 Å². The van der Waals surface area contributed by atoms with E-state index < -0.39 is 9.84 Å². The van der Waals surface area contributed by atoms with Gasteiger partial charge < -0.3 is 9.30 Å². The fraction of sp³-hybridized carbons (Fsp3) is 0.619. The van der Waals surface area contributed by atoms with Crippen molar-refractivity contribution in [3.8, 4) is 0 Å². The summed E-state index contributed by atoms with van der Waals surface area (Å²) in [6.07, 6.45) is 9.53. The molecule has 0 amide bonds. The van der Waals surface area contributed by atoms with Crippen LogP contribution in [0.1, 0.15) is 50.3 Å². The van der Waals surface area contributed by atoms with Crippen molar-refractivity contribution >= 4 is 9.84 Å². The topological polar surface area (TPSA) is 77.3 Å². The summed E-state index contributed by atoms with van der Waals surface area (Å²) in [6, 6.07) is 4.02. The maximum Gasteiger partial charge on any atom is 0.228 e. The summed E-state index contributed by atoms with van der Waals surface area (Å²) in [5, 5.41) is -0.0616. The minimum absolute atomic E-state index is 0.232. The van der Waals surface area contributed by atoms with Gasteiger partial charge in [-0.1, -0.05) is 19.8 Å². The summed E-state index contributed by atoms with van der Waals surface area (Å²) in [7, 11) is -1.74. The largest absolute Gasteiger partial charge is 0.385 e. The third kappa shape index (κ3) is 5.43. The number of aromatic nitrogens is 3. The van der Waals surface area contributed by atoms with Gasteiger partial charge in [0.25, 0.3) is 0 Å². The predicted molar refractivity (Wildman–Crippen MR) is 112 cm³/mol. The molecule has 160 valence electrons. The number of ether oxygens (including phenoxy) is 1. The molecule has 29 heavy (non-hydrogen) atoms. The zero-order chi connectivity index (χ0) is 20.7. The van der Waals surface area contributed by atoms with Gasteiger partial charge in [-0.05, 0) is 43.5 Å².